The summed E-state index contributed by atoms with van der Waals surface area (Å²) in [5.41, 5.74) is 2.00. The molecule has 2 rings (SSSR count). The molecule has 0 saturated heterocycles. The van der Waals surface area contributed by atoms with Gasteiger partial charge in [0.05, 0.1) is 0 Å². The van der Waals surface area contributed by atoms with Crippen LogP contribution in [-0.4, -0.2) is 12.5 Å². The van der Waals surface area contributed by atoms with Crippen molar-refractivity contribution >= 4 is 17.5 Å². The van der Waals surface area contributed by atoms with E-state index in [0.717, 1.165) is 11.1 Å². The topological polar surface area (TPSA) is 45.7 Å². The minimum absolute atomic E-state index is 0.0508. The van der Waals surface area contributed by atoms with Crippen molar-refractivity contribution in [1.82, 2.24) is 5.32 Å². The second-order valence-corrected chi connectivity index (χ2v) is 5.62. The van der Waals surface area contributed by atoms with E-state index >= 15 is 0 Å². The molecule has 0 fully saturated rings. The molecule has 0 saturated carbocycles. The van der Waals surface area contributed by atoms with Gasteiger partial charge < -0.3 is 10.6 Å². The van der Waals surface area contributed by atoms with E-state index in [-0.39, 0.29) is 17.8 Å². The zero-order valence-electron chi connectivity index (χ0n) is 12.4. The Morgan fingerprint density at radius 2 is 1.82 bits per heavy atom. The van der Waals surface area contributed by atoms with Gasteiger partial charge in [-0.1, -0.05) is 35.9 Å². The summed E-state index contributed by atoms with van der Waals surface area (Å²) in [5.74, 6) is -0.328. The molecule has 0 aliphatic rings. The molecule has 0 unspecified atom stereocenters. The van der Waals surface area contributed by atoms with Crippen LogP contribution in [0.15, 0.2) is 48.5 Å². The van der Waals surface area contributed by atoms with Gasteiger partial charge in [0.25, 0.3) is 5.91 Å². The molecule has 0 heterocycles. The Hall–Kier alpha value is -1.91. The Morgan fingerprint density at radius 3 is 2.45 bits per heavy atom. The summed E-state index contributed by atoms with van der Waals surface area (Å²) in [7, 11) is 0. The van der Waals surface area contributed by atoms with Gasteiger partial charge in [-0.05, 0) is 36.8 Å². The van der Waals surface area contributed by atoms with E-state index in [9.17, 15) is 9.18 Å². The van der Waals surface area contributed by atoms with Crippen LogP contribution in [0.3, 0.4) is 0 Å². The standard InChI is InChI=1S/C17H18ClFN2O/c1-12(14-4-6-15(18)7-5-14)20-11-17(22)21-10-13-2-8-16(19)9-3-13/h2-9,12,20H,10-11H2,1H3,(H,21,22)/p+1/t12-/m1/s1. The average Bonchev–Trinajstić information content (AvgIpc) is 2.52. The van der Waals surface area contributed by atoms with E-state index in [1.165, 1.54) is 12.1 Å². The summed E-state index contributed by atoms with van der Waals surface area (Å²) in [5, 5.41) is 5.48. The minimum Gasteiger partial charge on any atom is -0.347 e. The first-order valence-corrected chi connectivity index (χ1v) is 7.52. The van der Waals surface area contributed by atoms with E-state index in [1.54, 1.807) is 12.1 Å². The van der Waals surface area contributed by atoms with Crippen molar-refractivity contribution in [2.75, 3.05) is 6.54 Å². The van der Waals surface area contributed by atoms with E-state index in [0.29, 0.717) is 18.1 Å². The zero-order chi connectivity index (χ0) is 15.9. The summed E-state index contributed by atoms with van der Waals surface area (Å²) in [6.45, 7) is 2.78. The molecule has 0 radical (unpaired) electrons. The number of benzene rings is 2. The Morgan fingerprint density at radius 1 is 1.18 bits per heavy atom. The van der Waals surface area contributed by atoms with Gasteiger partial charge in [0.2, 0.25) is 0 Å². The van der Waals surface area contributed by atoms with E-state index in [1.807, 2.05) is 36.5 Å². The monoisotopic (exact) mass is 321 g/mol. The number of amides is 1. The Balaban J connectivity index is 1.75. The van der Waals surface area contributed by atoms with E-state index < -0.39 is 0 Å². The van der Waals surface area contributed by atoms with Crippen LogP contribution in [0.4, 0.5) is 4.39 Å². The molecule has 2 aromatic rings. The quantitative estimate of drug-likeness (QED) is 0.843. The molecule has 2 aromatic carbocycles. The summed E-state index contributed by atoms with van der Waals surface area (Å²) < 4.78 is 12.8. The van der Waals surface area contributed by atoms with Crippen molar-refractivity contribution in [1.29, 1.82) is 0 Å². The number of rotatable bonds is 6. The molecule has 3 nitrogen and oxygen atoms in total. The van der Waals surface area contributed by atoms with Crippen LogP contribution in [0.2, 0.25) is 5.02 Å². The molecule has 0 bridgehead atoms. The molecule has 22 heavy (non-hydrogen) atoms. The highest BCUT2D eigenvalue weighted by Crippen LogP contribution is 2.13. The molecule has 1 amide bonds. The Kier molecular flexibility index (Phi) is 5.92. The van der Waals surface area contributed by atoms with Gasteiger partial charge in [0.1, 0.15) is 11.9 Å². The molecular weight excluding hydrogens is 303 g/mol. The van der Waals surface area contributed by atoms with Crippen LogP contribution in [0, 0.1) is 5.82 Å². The van der Waals surface area contributed by atoms with Gasteiger partial charge in [-0.2, -0.15) is 0 Å². The molecule has 0 spiro atoms. The first-order valence-electron chi connectivity index (χ1n) is 7.14. The van der Waals surface area contributed by atoms with Crippen LogP contribution in [0.1, 0.15) is 24.1 Å². The second-order valence-electron chi connectivity index (χ2n) is 5.18. The maximum Gasteiger partial charge on any atom is 0.275 e. The van der Waals surface area contributed by atoms with Crippen molar-refractivity contribution in [3.05, 3.63) is 70.5 Å². The molecule has 0 aliphatic carbocycles. The van der Waals surface area contributed by atoms with Crippen LogP contribution in [0.5, 0.6) is 0 Å². The number of hydrogen-bond acceptors (Lipinski definition) is 1. The normalized spacial score (nSPS) is 12.0. The Labute approximate surface area is 134 Å². The highest BCUT2D eigenvalue weighted by molar-refractivity contribution is 6.30. The number of carbonyl (C=O) groups is 1. The minimum atomic E-state index is -0.278. The fraction of sp³-hybridized carbons (Fsp3) is 0.235. The second kappa shape index (κ2) is 7.92. The van der Waals surface area contributed by atoms with Crippen LogP contribution >= 0.6 is 11.6 Å². The predicted octanol–water partition coefficient (Wildman–Crippen LogP) is 2.42. The molecule has 0 aliphatic heterocycles. The van der Waals surface area contributed by atoms with Gasteiger partial charge in [-0.3, -0.25) is 4.79 Å². The fourth-order valence-corrected chi connectivity index (χ4v) is 2.19. The lowest BCUT2D eigenvalue weighted by Gasteiger charge is -2.11. The van der Waals surface area contributed by atoms with Crippen LogP contribution in [-0.2, 0) is 11.3 Å². The van der Waals surface area contributed by atoms with Gasteiger partial charge >= 0.3 is 0 Å². The highest BCUT2D eigenvalue weighted by Gasteiger charge is 2.11. The van der Waals surface area contributed by atoms with Gasteiger partial charge in [0, 0.05) is 17.1 Å². The highest BCUT2D eigenvalue weighted by atomic mass is 35.5. The zero-order valence-corrected chi connectivity index (χ0v) is 13.1. The largest absolute Gasteiger partial charge is 0.347 e. The third-order valence-corrected chi connectivity index (χ3v) is 3.71. The van der Waals surface area contributed by atoms with Crippen LogP contribution in [0.25, 0.3) is 0 Å². The van der Waals surface area contributed by atoms with Gasteiger partial charge in [0.15, 0.2) is 6.54 Å². The summed E-state index contributed by atoms with van der Waals surface area (Å²) >= 11 is 5.86. The smallest absolute Gasteiger partial charge is 0.275 e. The van der Waals surface area contributed by atoms with Crippen molar-refractivity contribution in [2.45, 2.75) is 19.5 Å². The lowest BCUT2D eigenvalue weighted by molar-refractivity contribution is -0.682. The van der Waals surface area contributed by atoms with Crippen molar-refractivity contribution in [3.63, 3.8) is 0 Å². The number of hydrogen-bond donors (Lipinski definition) is 2. The molecule has 3 N–H and O–H groups in total. The molecule has 5 heteroatoms. The maximum atomic E-state index is 12.8. The van der Waals surface area contributed by atoms with Crippen molar-refractivity contribution < 1.29 is 14.5 Å². The van der Waals surface area contributed by atoms with Crippen LogP contribution < -0.4 is 10.6 Å². The van der Waals surface area contributed by atoms with Crippen molar-refractivity contribution in [3.8, 4) is 0 Å². The van der Waals surface area contributed by atoms with Gasteiger partial charge in [-0.15, -0.1) is 0 Å². The SMILES string of the molecule is C[C@@H]([NH2+]CC(=O)NCc1ccc(F)cc1)c1ccc(Cl)cc1. The third kappa shape index (κ3) is 5.13. The summed E-state index contributed by atoms with van der Waals surface area (Å²) in [4.78, 5) is 11.8. The first-order chi connectivity index (χ1) is 10.5. The van der Waals surface area contributed by atoms with E-state index in [4.69, 9.17) is 11.6 Å². The number of nitrogens with one attached hydrogen (secondary N) is 1. The number of quaternary nitrogens is 1. The number of halogens is 2. The van der Waals surface area contributed by atoms with E-state index in [2.05, 4.69) is 5.32 Å². The maximum absolute atomic E-state index is 12.8. The lowest BCUT2D eigenvalue weighted by atomic mass is 10.1. The van der Waals surface area contributed by atoms with Crippen molar-refractivity contribution in [2.24, 2.45) is 0 Å². The average molecular weight is 322 g/mol. The predicted molar refractivity (Wildman–Crippen MR) is 84.9 cm³/mol. The van der Waals surface area contributed by atoms with Gasteiger partial charge in [-0.25, -0.2) is 4.39 Å². The first kappa shape index (κ1) is 16.5. The summed E-state index contributed by atoms with van der Waals surface area (Å²) in [6, 6.07) is 13.9. The molecule has 0 aromatic heterocycles. The lowest BCUT2D eigenvalue weighted by Crippen LogP contribution is -2.87. The fourth-order valence-electron chi connectivity index (χ4n) is 2.06. The molecule has 1 atom stereocenters. The molecular formula is C17H19ClFN2O+. The molecule has 116 valence electrons. The Bertz CT molecular complexity index is 614. The number of carbonyl (C=O) groups excluding carboxylic acids is 1. The summed E-state index contributed by atoms with van der Waals surface area (Å²) in [6.07, 6.45) is 0. The number of nitrogens with two attached hydrogens (primary N) is 1. The third-order valence-electron chi connectivity index (χ3n) is 3.46.